The van der Waals surface area contributed by atoms with Crippen molar-refractivity contribution in [2.45, 2.75) is 32.4 Å². The molecule has 1 N–H and O–H groups in total. The molecule has 2 aromatic carbocycles. The van der Waals surface area contributed by atoms with Gasteiger partial charge in [0.05, 0.1) is 11.0 Å². The van der Waals surface area contributed by atoms with Gasteiger partial charge in [0.25, 0.3) is 5.69 Å². The zero-order chi connectivity index (χ0) is 22.5. The third kappa shape index (κ3) is 3.07. The Morgan fingerprint density at radius 1 is 1.19 bits per heavy atom. The molecule has 2 atom stereocenters. The second-order valence-electron chi connectivity index (χ2n) is 8.17. The summed E-state index contributed by atoms with van der Waals surface area (Å²) < 4.78 is 0. The van der Waals surface area contributed by atoms with Gasteiger partial charge in [0.2, 0.25) is 11.8 Å². The molecule has 9 heteroatoms. The fraction of sp³-hybridized carbons (Fsp3) is 0.318. The molecule has 8 nitrogen and oxygen atoms in total. The molecule has 0 radical (unpaired) electrons. The van der Waals surface area contributed by atoms with E-state index in [-0.39, 0.29) is 23.3 Å². The Bertz CT molecular complexity index is 1100. The number of nitro groups is 1. The third-order valence-electron chi connectivity index (χ3n) is 6.05. The highest BCUT2D eigenvalue weighted by Gasteiger charge is 2.61. The van der Waals surface area contributed by atoms with Crippen molar-refractivity contribution in [2.75, 3.05) is 11.9 Å². The predicted molar refractivity (Wildman–Crippen MR) is 120 cm³/mol. The lowest BCUT2D eigenvalue weighted by atomic mass is 9.66. The van der Waals surface area contributed by atoms with Crippen LogP contribution in [-0.4, -0.2) is 39.8 Å². The molecule has 0 saturated carbocycles. The van der Waals surface area contributed by atoms with Crippen LogP contribution in [0.25, 0.3) is 0 Å². The van der Waals surface area contributed by atoms with E-state index in [1.54, 1.807) is 13.1 Å². The topological polar surface area (TPSA) is 95.8 Å². The lowest BCUT2D eigenvalue weighted by Crippen LogP contribution is -2.70. The Labute approximate surface area is 185 Å². The molecule has 2 aliphatic rings. The van der Waals surface area contributed by atoms with Crippen molar-refractivity contribution in [3.8, 4) is 0 Å². The summed E-state index contributed by atoms with van der Waals surface area (Å²) in [6.07, 6.45) is 0.0322. The molecule has 4 rings (SSSR count). The van der Waals surface area contributed by atoms with Crippen LogP contribution < -0.4 is 10.2 Å². The molecule has 2 amide bonds. The van der Waals surface area contributed by atoms with Gasteiger partial charge >= 0.3 is 0 Å². The maximum Gasteiger partial charge on any atom is 0.269 e. The minimum atomic E-state index is -1.52. The van der Waals surface area contributed by atoms with Crippen LogP contribution in [0.4, 0.5) is 11.4 Å². The van der Waals surface area contributed by atoms with E-state index < -0.39 is 28.2 Å². The number of non-ortho nitro benzene ring substituents is 1. The van der Waals surface area contributed by atoms with Crippen molar-refractivity contribution in [1.29, 1.82) is 0 Å². The molecule has 0 aromatic heterocycles. The highest BCUT2D eigenvalue weighted by atomic mass is 32.1. The van der Waals surface area contributed by atoms with Crippen molar-refractivity contribution >= 4 is 40.5 Å². The van der Waals surface area contributed by atoms with Gasteiger partial charge in [0.1, 0.15) is 0 Å². The van der Waals surface area contributed by atoms with Crippen LogP contribution in [0.15, 0.2) is 48.5 Å². The summed E-state index contributed by atoms with van der Waals surface area (Å²) in [5.41, 5.74) is 0.512. The van der Waals surface area contributed by atoms with E-state index in [0.29, 0.717) is 5.56 Å². The van der Waals surface area contributed by atoms with E-state index in [2.05, 4.69) is 5.32 Å². The summed E-state index contributed by atoms with van der Waals surface area (Å²) >= 11 is 5.30. The lowest BCUT2D eigenvalue weighted by Gasteiger charge is -2.52. The standard InChI is InChI=1S/C22H22N4O4S/c1-13(2)25-20(28)22(19(27)23-21(25)31)12-15-11-16(26(29)30)9-10-17(15)24(3)18(22)14-7-5-4-6-8-14/h4-11,13,18H,12H2,1-3H3,(H,23,27,31). The summed E-state index contributed by atoms with van der Waals surface area (Å²) in [7, 11) is 1.80. The first-order valence-electron chi connectivity index (χ1n) is 9.92. The lowest BCUT2D eigenvalue weighted by molar-refractivity contribution is -0.384. The molecular weight excluding hydrogens is 416 g/mol. The first-order valence-corrected chi connectivity index (χ1v) is 10.3. The SMILES string of the molecule is CC(C)N1C(=O)C2(Cc3cc([N+](=O)[O-])ccc3N(C)C2c2ccccc2)C(=O)NC1=S. The Kier molecular flexibility index (Phi) is 5.01. The zero-order valence-electron chi connectivity index (χ0n) is 17.4. The van der Waals surface area contributed by atoms with Gasteiger partial charge in [-0.2, -0.15) is 0 Å². The van der Waals surface area contributed by atoms with Gasteiger partial charge in [-0.25, -0.2) is 0 Å². The zero-order valence-corrected chi connectivity index (χ0v) is 18.2. The van der Waals surface area contributed by atoms with Gasteiger partial charge in [0, 0.05) is 37.3 Å². The summed E-state index contributed by atoms with van der Waals surface area (Å²) in [6, 6.07) is 13.0. The van der Waals surface area contributed by atoms with E-state index in [9.17, 15) is 19.7 Å². The average molecular weight is 439 g/mol. The van der Waals surface area contributed by atoms with Crippen molar-refractivity contribution in [3.05, 3.63) is 69.8 Å². The molecule has 1 spiro atoms. The summed E-state index contributed by atoms with van der Waals surface area (Å²) in [5.74, 6) is -0.883. The summed E-state index contributed by atoms with van der Waals surface area (Å²) in [6.45, 7) is 3.66. The number of rotatable bonds is 3. The van der Waals surface area contributed by atoms with Gasteiger partial charge in [-0.3, -0.25) is 24.6 Å². The number of nitrogens with one attached hydrogen (secondary N) is 1. The summed E-state index contributed by atoms with van der Waals surface area (Å²) in [5, 5.41) is 14.2. The summed E-state index contributed by atoms with van der Waals surface area (Å²) in [4.78, 5) is 41.6. The van der Waals surface area contributed by atoms with Crippen molar-refractivity contribution in [2.24, 2.45) is 5.41 Å². The van der Waals surface area contributed by atoms with Gasteiger partial charge in [-0.05, 0) is 43.3 Å². The van der Waals surface area contributed by atoms with Gasteiger partial charge in [-0.15, -0.1) is 0 Å². The number of carbonyl (C=O) groups is 2. The van der Waals surface area contributed by atoms with E-state index >= 15 is 0 Å². The van der Waals surface area contributed by atoms with Crippen LogP contribution >= 0.6 is 12.2 Å². The smallest absolute Gasteiger partial charge is 0.269 e. The van der Waals surface area contributed by atoms with E-state index in [1.165, 1.54) is 17.0 Å². The fourth-order valence-corrected chi connectivity index (χ4v) is 5.11. The molecule has 1 saturated heterocycles. The van der Waals surface area contributed by atoms with E-state index in [0.717, 1.165) is 11.3 Å². The molecule has 0 bridgehead atoms. The Morgan fingerprint density at radius 2 is 1.87 bits per heavy atom. The molecule has 2 heterocycles. The molecule has 160 valence electrons. The first-order chi connectivity index (χ1) is 14.7. The number of amides is 2. The average Bonchev–Trinajstić information content (AvgIpc) is 2.72. The minimum Gasteiger partial charge on any atom is -0.366 e. The Balaban J connectivity index is 1.98. The van der Waals surface area contributed by atoms with E-state index in [1.807, 2.05) is 49.1 Å². The normalized spacial score (nSPS) is 23.2. The highest BCUT2D eigenvalue weighted by Crippen LogP contribution is 2.51. The largest absolute Gasteiger partial charge is 0.366 e. The van der Waals surface area contributed by atoms with Crippen molar-refractivity contribution < 1.29 is 14.5 Å². The number of carbonyl (C=O) groups excluding carboxylic acids is 2. The highest BCUT2D eigenvalue weighted by molar-refractivity contribution is 7.80. The second kappa shape index (κ2) is 7.42. The maximum atomic E-state index is 13.9. The Morgan fingerprint density at radius 3 is 2.48 bits per heavy atom. The molecule has 1 fully saturated rings. The molecule has 2 aliphatic heterocycles. The number of nitrogens with zero attached hydrogens (tertiary/aromatic N) is 3. The number of hydrogen-bond donors (Lipinski definition) is 1. The molecule has 0 aliphatic carbocycles. The Hall–Kier alpha value is -3.33. The molecule has 2 unspecified atom stereocenters. The van der Waals surface area contributed by atoms with E-state index in [4.69, 9.17) is 12.2 Å². The van der Waals surface area contributed by atoms with Crippen LogP contribution in [0.1, 0.15) is 31.0 Å². The van der Waals surface area contributed by atoms with Crippen LogP contribution in [0.5, 0.6) is 0 Å². The molecule has 31 heavy (non-hydrogen) atoms. The van der Waals surface area contributed by atoms with Crippen molar-refractivity contribution in [3.63, 3.8) is 0 Å². The maximum absolute atomic E-state index is 13.9. The second-order valence-corrected chi connectivity index (χ2v) is 8.56. The predicted octanol–water partition coefficient (Wildman–Crippen LogP) is 2.97. The number of thiocarbonyl (C=S) groups is 1. The van der Waals surface area contributed by atoms with Gasteiger partial charge < -0.3 is 10.2 Å². The third-order valence-corrected chi connectivity index (χ3v) is 6.35. The number of hydrogen-bond acceptors (Lipinski definition) is 6. The first kappa shape index (κ1) is 20.9. The number of fused-ring (bicyclic) bond motifs is 1. The molecular formula is C22H22N4O4S. The van der Waals surface area contributed by atoms with Crippen LogP contribution in [0.2, 0.25) is 0 Å². The number of benzene rings is 2. The number of nitro benzene ring substituents is 1. The molecule has 2 aromatic rings. The quantitative estimate of drug-likeness (QED) is 0.343. The van der Waals surface area contributed by atoms with Crippen LogP contribution in [0, 0.1) is 15.5 Å². The van der Waals surface area contributed by atoms with Crippen LogP contribution in [0.3, 0.4) is 0 Å². The number of anilines is 1. The minimum absolute atomic E-state index is 0.0322. The monoisotopic (exact) mass is 438 g/mol. The van der Waals surface area contributed by atoms with Crippen molar-refractivity contribution in [1.82, 2.24) is 10.2 Å². The fourth-order valence-electron chi connectivity index (χ4n) is 4.72. The van der Waals surface area contributed by atoms with Gasteiger partial charge in [-0.1, -0.05) is 30.3 Å². The van der Waals surface area contributed by atoms with Gasteiger partial charge in [0.15, 0.2) is 10.5 Å². The van der Waals surface area contributed by atoms with Crippen LogP contribution in [-0.2, 0) is 16.0 Å².